The van der Waals surface area contributed by atoms with Gasteiger partial charge in [-0.05, 0) is 18.2 Å². The van der Waals surface area contributed by atoms with Gasteiger partial charge in [0.1, 0.15) is 5.75 Å². The van der Waals surface area contributed by atoms with Crippen molar-refractivity contribution in [2.45, 2.75) is 6.36 Å². The van der Waals surface area contributed by atoms with E-state index in [1.165, 1.54) is 0 Å². The molecule has 0 atom stereocenters. The summed E-state index contributed by atoms with van der Waals surface area (Å²) in [6.45, 7) is 3.09. The van der Waals surface area contributed by atoms with E-state index >= 15 is 0 Å². The van der Waals surface area contributed by atoms with Crippen LogP contribution in [-0.2, 0) is 0 Å². The van der Waals surface area contributed by atoms with Crippen molar-refractivity contribution in [3.8, 4) is 5.75 Å². The molecule has 0 amide bonds. The lowest BCUT2D eigenvalue weighted by molar-refractivity contribution is -0.274. The maximum absolute atomic E-state index is 11.8. The molecule has 0 heterocycles. The number of carbonyl (C=O) groups excluding carboxylic acids is 1. The van der Waals surface area contributed by atoms with Gasteiger partial charge in [-0.1, -0.05) is 11.6 Å². The molecule has 6 heteroatoms. The normalized spacial score (nSPS) is 11.3. The van der Waals surface area contributed by atoms with Gasteiger partial charge in [0, 0.05) is 12.5 Å². The number of hydrogen-bond donors (Lipinski definition) is 0. The number of ketones is 1. The van der Waals surface area contributed by atoms with Crippen LogP contribution in [0.4, 0.5) is 13.2 Å². The molecule has 81 valence electrons. The second-order valence-corrected chi connectivity index (χ2v) is 3.02. The number of ether oxygens (including phenoxy) is 1. The topological polar surface area (TPSA) is 26.3 Å². The summed E-state index contributed by atoms with van der Waals surface area (Å²) in [5, 5.41) is -0.128. The van der Waals surface area contributed by atoms with Crippen molar-refractivity contribution in [3.63, 3.8) is 0 Å². The Balaban J connectivity index is 2.97. The Morgan fingerprint density at radius 1 is 1.40 bits per heavy atom. The molecule has 0 bridgehead atoms. The van der Waals surface area contributed by atoms with Crippen LogP contribution in [0.3, 0.4) is 0 Å². The number of rotatable bonds is 2. The largest absolute Gasteiger partial charge is 0.573 e. The molecule has 0 fully saturated rings. The van der Waals surface area contributed by atoms with Crippen LogP contribution in [0, 0.1) is 6.92 Å². The first kappa shape index (κ1) is 11.8. The first-order valence-corrected chi connectivity index (χ1v) is 4.09. The lowest BCUT2D eigenvalue weighted by Crippen LogP contribution is -2.17. The van der Waals surface area contributed by atoms with Crippen LogP contribution in [0.2, 0.25) is 5.02 Å². The molecule has 1 aromatic rings. The number of halogens is 4. The van der Waals surface area contributed by atoms with E-state index in [0.717, 1.165) is 18.2 Å². The Hall–Kier alpha value is -1.23. The standard InChI is InChI=1S/C9H5ClF3O2/c1-5(14)7-3-2-6(4-8(7)10)15-9(11,12)13/h2-4H,1H2. The molecule has 0 aliphatic carbocycles. The summed E-state index contributed by atoms with van der Waals surface area (Å²) < 4.78 is 39.0. The molecule has 0 aliphatic rings. The van der Waals surface area contributed by atoms with E-state index in [0.29, 0.717) is 0 Å². The molecule has 1 radical (unpaired) electrons. The van der Waals surface area contributed by atoms with Crippen LogP contribution in [0.5, 0.6) is 5.75 Å². The third kappa shape index (κ3) is 3.43. The minimum atomic E-state index is -4.78. The molecule has 0 saturated heterocycles. The second-order valence-electron chi connectivity index (χ2n) is 2.61. The van der Waals surface area contributed by atoms with Crippen LogP contribution in [0.15, 0.2) is 18.2 Å². The fourth-order valence-electron chi connectivity index (χ4n) is 0.919. The zero-order valence-corrected chi connectivity index (χ0v) is 8.02. The van der Waals surface area contributed by atoms with Gasteiger partial charge in [0.05, 0.1) is 5.02 Å². The Labute approximate surface area is 88.6 Å². The van der Waals surface area contributed by atoms with E-state index < -0.39 is 17.9 Å². The first-order valence-electron chi connectivity index (χ1n) is 3.71. The van der Waals surface area contributed by atoms with E-state index in [1.807, 2.05) is 0 Å². The van der Waals surface area contributed by atoms with Crippen LogP contribution in [0.1, 0.15) is 10.4 Å². The summed E-state index contributed by atoms with van der Waals surface area (Å²) in [6, 6.07) is 3.03. The summed E-state index contributed by atoms with van der Waals surface area (Å²) in [7, 11) is 0. The summed E-state index contributed by atoms with van der Waals surface area (Å²) in [6.07, 6.45) is -4.78. The molecule has 0 unspecified atom stereocenters. The fourth-order valence-corrected chi connectivity index (χ4v) is 1.20. The predicted molar refractivity (Wildman–Crippen MR) is 47.8 cm³/mol. The van der Waals surface area contributed by atoms with Crippen molar-refractivity contribution in [1.82, 2.24) is 0 Å². The van der Waals surface area contributed by atoms with Gasteiger partial charge in [0.2, 0.25) is 0 Å². The van der Waals surface area contributed by atoms with Gasteiger partial charge in [-0.2, -0.15) is 0 Å². The highest BCUT2D eigenvalue weighted by Crippen LogP contribution is 2.27. The summed E-state index contributed by atoms with van der Waals surface area (Å²) >= 11 is 5.55. The maximum atomic E-state index is 11.8. The molecule has 1 rings (SSSR count). The third-order valence-electron chi connectivity index (χ3n) is 1.47. The molecular formula is C9H5ClF3O2. The minimum Gasteiger partial charge on any atom is -0.406 e. The Bertz CT molecular complexity index is 387. The van der Waals surface area contributed by atoms with E-state index in [-0.39, 0.29) is 10.6 Å². The van der Waals surface area contributed by atoms with Gasteiger partial charge in [-0.25, -0.2) is 0 Å². The lowest BCUT2D eigenvalue weighted by Gasteiger charge is -2.09. The van der Waals surface area contributed by atoms with E-state index in [2.05, 4.69) is 11.7 Å². The van der Waals surface area contributed by atoms with Crippen LogP contribution in [0.25, 0.3) is 0 Å². The van der Waals surface area contributed by atoms with Gasteiger partial charge in [-0.15, -0.1) is 13.2 Å². The molecule has 0 aromatic heterocycles. The summed E-state index contributed by atoms with van der Waals surface area (Å²) in [5.41, 5.74) is 0.0474. The van der Waals surface area contributed by atoms with Gasteiger partial charge < -0.3 is 4.74 Å². The van der Waals surface area contributed by atoms with Crippen LogP contribution < -0.4 is 4.74 Å². The molecule has 0 saturated carbocycles. The number of alkyl halides is 3. The number of benzene rings is 1. The number of hydrogen-bond acceptors (Lipinski definition) is 2. The highest BCUT2D eigenvalue weighted by atomic mass is 35.5. The first-order chi connectivity index (χ1) is 6.79. The third-order valence-corrected chi connectivity index (χ3v) is 1.79. The zero-order valence-electron chi connectivity index (χ0n) is 7.27. The number of Topliss-reactive ketones (excluding diaryl/α,β-unsaturated/α-hetero) is 1. The Morgan fingerprint density at radius 2 is 2.00 bits per heavy atom. The van der Waals surface area contributed by atoms with Crippen LogP contribution >= 0.6 is 11.6 Å². The molecule has 0 spiro atoms. The smallest absolute Gasteiger partial charge is 0.406 e. The van der Waals surface area contributed by atoms with E-state index in [9.17, 15) is 18.0 Å². The monoisotopic (exact) mass is 237 g/mol. The van der Waals surface area contributed by atoms with Gasteiger partial charge >= 0.3 is 6.36 Å². The zero-order chi connectivity index (χ0) is 11.6. The van der Waals surface area contributed by atoms with Crippen molar-refractivity contribution >= 4 is 17.4 Å². The van der Waals surface area contributed by atoms with Gasteiger partial charge in [0.15, 0.2) is 5.78 Å². The van der Waals surface area contributed by atoms with Crippen molar-refractivity contribution in [1.29, 1.82) is 0 Å². The minimum absolute atomic E-state index is 0.0474. The van der Waals surface area contributed by atoms with Gasteiger partial charge in [-0.3, -0.25) is 4.79 Å². The molecule has 15 heavy (non-hydrogen) atoms. The maximum Gasteiger partial charge on any atom is 0.573 e. The molecule has 0 N–H and O–H groups in total. The summed E-state index contributed by atoms with van der Waals surface area (Å²) in [5.74, 6) is -1.05. The van der Waals surface area contributed by atoms with Crippen molar-refractivity contribution in [2.24, 2.45) is 0 Å². The highest BCUT2D eigenvalue weighted by Gasteiger charge is 2.31. The van der Waals surface area contributed by atoms with E-state index in [1.54, 1.807) is 0 Å². The average Bonchev–Trinajstić information content (AvgIpc) is 1.99. The molecule has 2 nitrogen and oxygen atoms in total. The van der Waals surface area contributed by atoms with Crippen molar-refractivity contribution < 1.29 is 22.7 Å². The molecule has 0 aliphatic heterocycles. The molecular weight excluding hydrogens is 233 g/mol. The Kier molecular flexibility index (Phi) is 3.24. The lowest BCUT2D eigenvalue weighted by atomic mass is 10.1. The van der Waals surface area contributed by atoms with E-state index in [4.69, 9.17) is 11.6 Å². The van der Waals surface area contributed by atoms with Crippen molar-refractivity contribution in [2.75, 3.05) is 0 Å². The quantitative estimate of drug-likeness (QED) is 0.738. The van der Waals surface area contributed by atoms with Crippen molar-refractivity contribution in [3.05, 3.63) is 35.7 Å². The SMILES string of the molecule is [CH2]C(=O)c1ccc(OC(F)(F)F)cc1Cl. The number of carbonyl (C=O) groups is 1. The fraction of sp³-hybridized carbons (Fsp3) is 0.111. The van der Waals surface area contributed by atoms with Gasteiger partial charge in [0.25, 0.3) is 0 Å². The highest BCUT2D eigenvalue weighted by molar-refractivity contribution is 6.34. The predicted octanol–water partition coefficient (Wildman–Crippen LogP) is 3.26. The Morgan fingerprint density at radius 3 is 2.40 bits per heavy atom. The second kappa shape index (κ2) is 4.10. The summed E-state index contributed by atoms with van der Waals surface area (Å²) in [4.78, 5) is 10.8. The average molecular weight is 238 g/mol. The molecule has 1 aromatic carbocycles. The van der Waals surface area contributed by atoms with Crippen LogP contribution in [-0.4, -0.2) is 12.1 Å².